The van der Waals surface area contributed by atoms with E-state index in [1.165, 1.54) is 71.7 Å². The van der Waals surface area contributed by atoms with Crippen molar-refractivity contribution in [1.29, 1.82) is 0 Å². The second kappa shape index (κ2) is 12.7. The summed E-state index contributed by atoms with van der Waals surface area (Å²) in [7, 11) is 0. The summed E-state index contributed by atoms with van der Waals surface area (Å²) in [5.74, 6) is 0.654. The summed E-state index contributed by atoms with van der Waals surface area (Å²) in [4.78, 5) is 10.9. The number of nitrogens with zero attached hydrogens (tertiary/aromatic N) is 4. The lowest BCUT2D eigenvalue weighted by Crippen LogP contribution is -2.33. The average Bonchev–Trinajstić information content (AvgIpc) is 3.78. The highest BCUT2D eigenvalue weighted by Gasteiger charge is 2.38. The van der Waals surface area contributed by atoms with Crippen molar-refractivity contribution < 1.29 is 0 Å². The molecule has 1 aliphatic carbocycles. The summed E-state index contributed by atoms with van der Waals surface area (Å²) in [5, 5.41) is 9.71. The third-order valence-electron chi connectivity index (χ3n) is 13.6. The third-order valence-corrected chi connectivity index (χ3v) is 13.6. The van der Waals surface area contributed by atoms with E-state index in [4.69, 9.17) is 9.97 Å². The van der Waals surface area contributed by atoms with Gasteiger partial charge in [0.15, 0.2) is 0 Å². The van der Waals surface area contributed by atoms with Crippen LogP contribution in [0, 0.1) is 0 Å². The Kier molecular flexibility index (Phi) is 7.41. The van der Waals surface area contributed by atoms with Crippen LogP contribution in [0.15, 0.2) is 170 Å². The van der Waals surface area contributed by atoms with Crippen molar-refractivity contribution in [3.05, 3.63) is 181 Å². The fraction of sp³-hybridized carbons (Fsp3) is 0.143. The van der Waals surface area contributed by atoms with Crippen LogP contribution in [0.3, 0.4) is 0 Å². The van der Waals surface area contributed by atoms with Gasteiger partial charge in [0, 0.05) is 38.4 Å². The van der Waals surface area contributed by atoms with E-state index in [0.29, 0.717) is 5.95 Å². The molecular weight excluding hydrogens is 729 g/mol. The molecule has 0 N–H and O–H groups in total. The van der Waals surface area contributed by atoms with E-state index in [0.717, 1.165) is 45.7 Å². The van der Waals surface area contributed by atoms with Gasteiger partial charge in [-0.2, -0.15) is 0 Å². The second-order valence-electron chi connectivity index (χ2n) is 18.1. The zero-order valence-electron chi connectivity index (χ0n) is 34.4. The lowest BCUT2D eigenvalue weighted by atomic mass is 9.63. The first-order valence-electron chi connectivity index (χ1n) is 21.2. The molecule has 0 unspecified atom stereocenters. The molecule has 0 saturated carbocycles. The first-order chi connectivity index (χ1) is 29.2. The van der Waals surface area contributed by atoms with Crippen LogP contribution in [0.4, 0.5) is 0 Å². The van der Waals surface area contributed by atoms with Crippen molar-refractivity contribution in [3.8, 4) is 34.2 Å². The second-order valence-corrected chi connectivity index (χ2v) is 18.1. The minimum atomic E-state index is 0.0724. The van der Waals surface area contributed by atoms with Gasteiger partial charge in [0.25, 0.3) is 0 Å². The molecule has 0 atom stereocenters. The number of aromatic nitrogens is 4. The summed E-state index contributed by atoms with van der Waals surface area (Å²) in [5.41, 5.74) is 12.7. The number of benzene rings is 8. The van der Waals surface area contributed by atoms with E-state index in [2.05, 4.69) is 207 Å². The van der Waals surface area contributed by atoms with Crippen LogP contribution >= 0.6 is 0 Å². The fourth-order valence-corrected chi connectivity index (χ4v) is 10.2. The molecular formula is C56H44N4. The van der Waals surface area contributed by atoms with Crippen molar-refractivity contribution >= 4 is 65.2 Å². The van der Waals surface area contributed by atoms with Crippen molar-refractivity contribution in [2.45, 2.75) is 51.4 Å². The number of fused-ring (bicyclic) bond motifs is 10. The molecule has 12 rings (SSSR count). The molecule has 11 aromatic rings. The maximum absolute atomic E-state index is 5.49. The highest BCUT2D eigenvalue weighted by atomic mass is 15.2. The van der Waals surface area contributed by atoms with Gasteiger partial charge in [0.2, 0.25) is 5.95 Å². The Morgan fingerprint density at radius 3 is 1.73 bits per heavy atom. The zero-order chi connectivity index (χ0) is 40.3. The molecule has 8 aromatic carbocycles. The maximum atomic E-state index is 5.49. The standard InChI is InChI=1S/C56H44N4/c1-55(2)27-28-56(3,4)46-33-52-42(30-45(46)55)43-31-51-44(32-50(43)59(52)40-20-9-6-10-21-40)53-41-22-14-13-16-36(41)25-26-49(53)60(51)54-57-47(37-17-7-5-8-18-37)34-48(58-54)39-24-23-35-15-11-12-19-38(35)29-39/h5-26,29-34H,27-28H2,1-4H3. The van der Waals surface area contributed by atoms with Gasteiger partial charge in [-0.1, -0.05) is 143 Å². The molecule has 0 radical (unpaired) electrons. The summed E-state index contributed by atoms with van der Waals surface area (Å²) in [6, 6.07) is 61.9. The number of rotatable bonds is 4. The topological polar surface area (TPSA) is 35.6 Å². The number of hydrogen-bond acceptors (Lipinski definition) is 2. The van der Waals surface area contributed by atoms with Crippen LogP contribution < -0.4 is 0 Å². The Balaban J connectivity index is 1.23. The molecule has 4 heteroatoms. The minimum absolute atomic E-state index is 0.0724. The predicted octanol–water partition coefficient (Wildman–Crippen LogP) is 14.7. The molecule has 0 aliphatic heterocycles. The van der Waals surface area contributed by atoms with Gasteiger partial charge in [-0.15, -0.1) is 0 Å². The maximum Gasteiger partial charge on any atom is 0.235 e. The van der Waals surface area contributed by atoms with Crippen molar-refractivity contribution in [1.82, 2.24) is 19.1 Å². The van der Waals surface area contributed by atoms with Crippen LogP contribution in [0.25, 0.3) is 99.3 Å². The summed E-state index contributed by atoms with van der Waals surface area (Å²) < 4.78 is 4.82. The molecule has 0 saturated heterocycles. The van der Waals surface area contributed by atoms with Gasteiger partial charge in [0.1, 0.15) is 0 Å². The van der Waals surface area contributed by atoms with Crippen molar-refractivity contribution in [2.24, 2.45) is 0 Å². The Hall–Kier alpha value is -7.04. The Labute approximate surface area is 349 Å². The molecule has 3 aromatic heterocycles. The Morgan fingerprint density at radius 1 is 0.400 bits per heavy atom. The lowest BCUT2D eigenvalue weighted by Gasteiger charge is -2.42. The quantitative estimate of drug-likeness (QED) is 0.179. The highest BCUT2D eigenvalue weighted by Crippen LogP contribution is 2.49. The summed E-state index contributed by atoms with van der Waals surface area (Å²) in [6.07, 6.45) is 2.33. The summed E-state index contributed by atoms with van der Waals surface area (Å²) in [6.45, 7) is 9.70. The lowest BCUT2D eigenvalue weighted by molar-refractivity contribution is 0.332. The monoisotopic (exact) mass is 772 g/mol. The van der Waals surface area contributed by atoms with Crippen LogP contribution in [0.1, 0.15) is 51.7 Å². The molecule has 0 amide bonds. The zero-order valence-corrected chi connectivity index (χ0v) is 34.4. The van der Waals surface area contributed by atoms with Gasteiger partial charge >= 0.3 is 0 Å². The van der Waals surface area contributed by atoms with Gasteiger partial charge < -0.3 is 4.57 Å². The smallest absolute Gasteiger partial charge is 0.235 e. The van der Waals surface area contributed by atoms with E-state index in [9.17, 15) is 0 Å². The number of hydrogen-bond donors (Lipinski definition) is 0. The SMILES string of the molecule is CC1(C)CCC(C)(C)c2cc3c(cc21)c1cc2c(cc1n3-c1ccccc1)c1c3ccccc3ccc1n2-c1nc(-c2ccccc2)cc(-c2ccc3ccccc3c2)n1. The van der Waals surface area contributed by atoms with Gasteiger partial charge in [-0.3, -0.25) is 4.57 Å². The summed E-state index contributed by atoms with van der Waals surface area (Å²) >= 11 is 0. The van der Waals surface area contributed by atoms with Crippen molar-refractivity contribution in [2.75, 3.05) is 0 Å². The predicted molar refractivity (Wildman–Crippen MR) is 252 cm³/mol. The molecule has 0 bridgehead atoms. The molecule has 288 valence electrons. The number of para-hydroxylation sites is 1. The molecule has 60 heavy (non-hydrogen) atoms. The molecule has 4 nitrogen and oxygen atoms in total. The van der Waals surface area contributed by atoms with Crippen LogP contribution in [0.5, 0.6) is 0 Å². The fourth-order valence-electron chi connectivity index (χ4n) is 10.2. The Bertz CT molecular complexity index is 3530. The van der Waals surface area contributed by atoms with Gasteiger partial charge in [-0.05, 0) is 111 Å². The largest absolute Gasteiger partial charge is 0.309 e. The van der Waals surface area contributed by atoms with Gasteiger partial charge in [-0.25, -0.2) is 9.97 Å². The minimum Gasteiger partial charge on any atom is -0.309 e. The van der Waals surface area contributed by atoms with E-state index in [1.54, 1.807) is 0 Å². The molecule has 3 heterocycles. The molecule has 0 fully saturated rings. The highest BCUT2D eigenvalue weighted by molar-refractivity contribution is 6.25. The van der Waals surface area contributed by atoms with E-state index >= 15 is 0 Å². The first kappa shape index (κ1) is 35.0. The first-order valence-corrected chi connectivity index (χ1v) is 21.2. The average molecular weight is 773 g/mol. The van der Waals surface area contributed by atoms with Crippen LogP contribution in [0.2, 0.25) is 0 Å². The third kappa shape index (κ3) is 5.23. The van der Waals surface area contributed by atoms with Crippen LogP contribution in [-0.4, -0.2) is 19.1 Å². The molecule has 0 spiro atoms. The van der Waals surface area contributed by atoms with Crippen molar-refractivity contribution in [3.63, 3.8) is 0 Å². The normalized spacial score (nSPS) is 14.8. The van der Waals surface area contributed by atoms with E-state index < -0.39 is 0 Å². The molecule has 1 aliphatic rings. The van der Waals surface area contributed by atoms with Gasteiger partial charge in [0.05, 0.1) is 33.5 Å². The van der Waals surface area contributed by atoms with E-state index in [-0.39, 0.29) is 10.8 Å². The Morgan fingerprint density at radius 2 is 0.967 bits per heavy atom. The van der Waals surface area contributed by atoms with Crippen LogP contribution in [-0.2, 0) is 10.8 Å². The van der Waals surface area contributed by atoms with E-state index in [1.807, 2.05) is 0 Å².